The molecule has 1 aromatic carbocycles. The van der Waals surface area contributed by atoms with Crippen LogP contribution >= 0.6 is 0 Å². The molecule has 0 saturated carbocycles. The first-order chi connectivity index (χ1) is 17.3. The summed E-state index contributed by atoms with van der Waals surface area (Å²) in [6, 6.07) is 9.52. The fraction of sp³-hybridized carbons (Fsp3) is 0.217. The molecule has 1 atom stereocenters. The number of benzene rings is 1. The lowest BCUT2D eigenvalue weighted by Gasteiger charge is -2.22. The fourth-order valence-electron chi connectivity index (χ4n) is 2.95. The normalized spacial score (nSPS) is 12.4. The van der Waals surface area contributed by atoms with Crippen LogP contribution in [-0.2, 0) is 10.0 Å². The van der Waals surface area contributed by atoms with E-state index < -0.39 is 40.1 Å². The molecule has 14 heteroatoms. The van der Waals surface area contributed by atoms with E-state index in [4.69, 9.17) is 10.4 Å². The number of hydrogen-bond donors (Lipinski definition) is 5. The number of carbonyl (C=O) groups excluding carboxylic acids is 1. The largest absolute Gasteiger partial charge is 0.387 e. The Morgan fingerprint density at radius 1 is 1.22 bits per heavy atom. The number of aromatic nitrogens is 2. The highest BCUT2D eigenvalue weighted by atomic mass is 32.2. The second-order valence-electron chi connectivity index (χ2n) is 8.44. The second kappa shape index (κ2) is 10.8. The Balaban J connectivity index is 1.96. The van der Waals surface area contributed by atoms with E-state index in [-0.39, 0.29) is 39.0 Å². The van der Waals surface area contributed by atoms with Crippen LogP contribution in [0.1, 0.15) is 29.8 Å². The van der Waals surface area contributed by atoms with Crippen molar-refractivity contribution in [1.29, 1.82) is 5.26 Å². The number of nitriles is 1. The summed E-state index contributed by atoms with van der Waals surface area (Å²) >= 11 is 0. The summed E-state index contributed by atoms with van der Waals surface area (Å²) < 4.78 is 51.9. The third-order valence-corrected chi connectivity index (χ3v) is 5.93. The summed E-state index contributed by atoms with van der Waals surface area (Å²) in [5.74, 6) is -1.77. The first kappa shape index (κ1) is 27.4. The van der Waals surface area contributed by atoms with Crippen molar-refractivity contribution in [1.82, 2.24) is 15.3 Å². The maximum Gasteiger partial charge on any atom is 0.255 e. The Bertz CT molecular complexity index is 1470. The van der Waals surface area contributed by atoms with Gasteiger partial charge in [0.05, 0.1) is 33.9 Å². The monoisotopic (exact) mass is 531 g/mol. The van der Waals surface area contributed by atoms with Gasteiger partial charge in [0.2, 0.25) is 10.0 Å². The smallest absolute Gasteiger partial charge is 0.255 e. The lowest BCUT2D eigenvalue weighted by Crippen LogP contribution is -2.42. The van der Waals surface area contributed by atoms with Crippen LogP contribution in [0.3, 0.4) is 0 Å². The second-order valence-corrected chi connectivity index (χ2v) is 10.00. The number of alkyl halides is 1. The molecule has 0 radical (unpaired) electrons. The van der Waals surface area contributed by atoms with Crippen molar-refractivity contribution >= 4 is 38.9 Å². The molecule has 0 bridgehead atoms. The topological polar surface area (TPSA) is 183 Å². The van der Waals surface area contributed by atoms with Gasteiger partial charge < -0.3 is 21.1 Å². The van der Waals surface area contributed by atoms with Crippen LogP contribution in [0.5, 0.6) is 0 Å². The average Bonchev–Trinajstić information content (AvgIpc) is 2.82. The molecule has 0 fully saturated rings. The number of halogens is 2. The van der Waals surface area contributed by atoms with E-state index in [1.54, 1.807) is 6.07 Å². The molecular formula is C23H23F2N7O4S. The zero-order valence-electron chi connectivity index (χ0n) is 19.7. The van der Waals surface area contributed by atoms with Crippen molar-refractivity contribution in [3.05, 3.63) is 65.7 Å². The maximum atomic E-state index is 14.3. The van der Waals surface area contributed by atoms with Crippen LogP contribution < -0.4 is 21.1 Å². The summed E-state index contributed by atoms with van der Waals surface area (Å²) in [7, 11) is -4.02. The van der Waals surface area contributed by atoms with Gasteiger partial charge in [0, 0.05) is 24.1 Å². The maximum absolute atomic E-state index is 14.3. The third kappa shape index (κ3) is 7.17. The van der Waals surface area contributed by atoms with E-state index >= 15 is 0 Å². The molecule has 3 aromatic rings. The highest BCUT2D eigenvalue weighted by Gasteiger charge is 2.27. The standard InChI is InChI=1S/C23H23F2N7O4S/c1-23(2,34)19(25)12-30-22(33)16-11-28-20(32-21-17(24)6-13(9-26)10-29-21)8-18(16)31-14-4-3-5-15(7-14)37(27,35)36/h3-8,10-11,19,34H,12H2,1-2H3,(H,30,33)(H2,27,35,36)(H2,28,29,31,32). The molecule has 2 aromatic heterocycles. The SMILES string of the molecule is CC(C)(O)C(F)CNC(=O)c1cnc(Nc2ncc(C#N)cc2F)cc1Nc1cccc(S(N)(=O)=O)c1. The first-order valence-electron chi connectivity index (χ1n) is 10.6. The van der Waals surface area contributed by atoms with Crippen LogP contribution in [-0.4, -0.2) is 47.7 Å². The van der Waals surface area contributed by atoms with Crippen LogP contribution in [0.15, 0.2) is 53.7 Å². The zero-order valence-corrected chi connectivity index (χ0v) is 20.5. The minimum atomic E-state index is -4.02. The molecule has 0 saturated heterocycles. The number of sulfonamides is 1. The van der Waals surface area contributed by atoms with Crippen molar-refractivity contribution < 1.29 is 27.1 Å². The van der Waals surface area contributed by atoms with E-state index in [1.165, 1.54) is 44.2 Å². The van der Waals surface area contributed by atoms with Crippen LogP contribution in [0.25, 0.3) is 0 Å². The number of nitrogens with zero attached hydrogens (tertiary/aromatic N) is 3. The van der Waals surface area contributed by atoms with Crippen molar-refractivity contribution in [2.75, 3.05) is 17.2 Å². The van der Waals surface area contributed by atoms with Gasteiger partial charge in [0.25, 0.3) is 5.91 Å². The molecule has 1 amide bonds. The summed E-state index contributed by atoms with van der Waals surface area (Å²) in [4.78, 5) is 20.5. The number of hydrogen-bond acceptors (Lipinski definition) is 9. The molecule has 11 nitrogen and oxygen atoms in total. The zero-order chi connectivity index (χ0) is 27.4. The van der Waals surface area contributed by atoms with Crippen LogP contribution in [0.4, 0.5) is 31.8 Å². The number of anilines is 4. The van der Waals surface area contributed by atoms with Crippen molar-refractivity contribution in [2.24, 2.45) is 5.14 Å². The average molecular weight is 532 g/mol. The molecule has 3 rings (SSSR count). The number of primary sulfonamides is 1. The van der Waals surface area contributed by atoms with Gasteiger partial charge in [-0.05, 0) is 38.1 Å². The Morgan fingerprint density at radius 3 is 2.57 bits per heavy atom. The number of nitrogens with two attached hydrogens (primary N) is 1. The first-order valence-corrected chi connectivity index (χ1v) is 12.2. The molecule has 0 aliphatic rings. The predicted molar refractivity (Wildman–Crippen MR) is 131 cm³/mol. The minimum absolute atomic E-state index is 0.0114. The molecule has 0 aliphatic carbocycles. The van der Waals surface area contributed by atoms with Crippen molar-refractivity contribution in [3.8, 4) is 6.07 Å². The van der Waals surface area contributed by atoms with Gasteiger partial charge in [-0.15, -0.1) is 0 Å². The highest BCUT2D eigenvalue weighted by Crippen LogP contribution is 2.27. The van der Waals surface area contributed by atoms with Crippen molar-refractivity contribution in [2.45, 2.75) is 30.5 Å². The number of nitrogens with one attached hydrogen (secondary N) is 3. The molecule has 1 unspecified atom stereocenters. The van der Waals surface area contributed by atoms with E-state index in [0.29, 0.717) is 0 Å². The van der Waals surface area contributed by atoms with Gasteiger partial charge in [0.15, 0.2) is 11.6 Å². The molecule has 2 heterocycles. The van der Waals surface area contributed by atoms with Crippen LogP contribution in [0, 0.1) is 17.1 Å². The minimum Gasteiger partial charge on any atom is -0.387 e. The number of carbonyl (C=O) groups is 1. The van der Waals surface area contributed by atoms with Gasteiger partial charge in [-0.3, -0.25) is 4.79 Å². The third-order valence-electron chi connectivity index (χ3n) is 5.02. The molecule has 37 heavy (non-hydrogen) atoms. The lowest BCUT2D eigenvalue weighted by molar-refractivity contribution is -0.00177. The molecule has 0 aliphatic heterocycles. The molecule has 194 valence electrons. The fourth-order valence-corrected chi connectivity index (χ4v) is 3.51. The number of rotatable bonds is 9. The number of amides is 1. The molecule has 6 N–H and O–H groups in total. The Morgan fingerprint density at radius 2 is 1.95 bits per heavy atom. The lowest BCUT2D eigenvalue weighted by atomic mass is 10.0. The van der Waals surface area contributed by atoms with Crippen molar-refractivity contribution in [3.63, 3.8) is 0 Å². The number of pyridine rings is 2. The van der Waals surface area contributed by atoms with Gasteiger partial charge in [-0.1, -0.05) is 6.07 Å². The van der Waals surface area contributed by atoms with E-state index in [9.17, 15) is 27.1 Å². The molecular weight excluding hydrogens is 508 g/mol. The quantitative estimate of drug-likeness (QED) is 0.277. The molecule has 0 spiro atoms. The van der Waals surface area contributed by atoms with Gasteiger partial charge in [-0.25, -0.2) is 32.3 Å². The van der Waals surface area contributed by atoms with Crippen LogP contribution in [0.2, 0.25) is 0 Å². The number of aliphatic hydroxyl groups is 1. The van der Waals surface area contributed by atoms with E-state index in [0.717, 1.165) is 18.5 Å². The van der Waals surface area contributed by atoms with Gasteiger partial charge in [-0.2, -0.15) is 5.26 Å². The summed E-state index contributed by atoms with van der Waals surface area (Å²) in [6.07, 6.45) is 0.516. The summed E-state index contributed by atoms with van der Waals surface area (Å²) in [5.41, 5.74) is -1.41. The summed E-state index contributed by atoms with van der Waals surface area (Å²) in [5, 5.41) is 31.7. The predicted octanol–water partition coefficient (Wildman–Crippen LogP) is 2.46. The van der Waals surface area contributed by atoms with E-state index in [1.807, 2.05) is 0 Å². The van der Waals surface area contributed by atoms with Gasteiger partial charge >= 0.3 is 0 Å². The van der Waals surface area contributed by atoms with E-state index in [2.05, 4.69) is 25.9 Å². The Labute approximate surface area is 211 Å². The Hall–Kier alpha value is -4.19. The van der Waals surface area contributed by atoms with Gasteiger partial charge in [0.1, 0.15) is 18.1 Å². The Kier molecular flexibility index (Phi) is 8.02. The summed E-state index contributed by atoms with van der Waals surface area (Å²) in [6.45, 7) is 2.02. The highest BCUT2D eigenvalue weighted by molar-refractivity contribution is 7.89.